The highest BCUT2D eigenvalue weighted by molar-refractivity contribution is 8.76. The van der Waals surface area contributed by atoms with E-state index in [4.69, 9.17) is 9.47 Å². The predicted molar refractivity (Wildman–Crippen MR) is 186 cm³/mol. The lowest BCUT2D eigenvalue weighted by Gasteiger charge is -2.09. The molecule has 0 spiro atoms. The normalized spacial score (nSPS) is 11.1. The van der Waals surface area contributed by atoms with E-state index in [2.05, 4.69) is 38.3 Å². The average molecular weight is 651 g/mol. The molecule has 256 valence electrons. The molecule has 0 aromatic heterocycles. The van der Waals surface area contributed by atoms with Gasteiger partial charge in [0.05, 0.1) is 19.8 Å². The van der Waals surface area contributed by atoms with Crippen molar-refractivity contribution in [2.24, 2.45) is 11.8 Å². The molecule has 0 aliphatic carbocycles. The monoisotopic (exact) mass is 650 g/mol. The maximum absolute atomic E-state index is 11.6. The fourth-order valence-electron chi connectivity index (χ4n) is 3.30. The molecule has 8 nitrogen and oxygen atoms in total. The molecular formula is C33H66N2O6S2. The lowest BCUT2D eigenvalue weighted by atomic mass is 10.0. The molecule has 0 aliphatic rings. The highest BCUT2D eigenvalue weighted by atomic mass is 33.1. The summed E-state index contributed by atoms with van der Waals surface area (Å²) in [4.78, 5) is 46.0. The Labute approximate surface area is 272 Å². The summed E-state index contributed by atoms with van der Waals surface area (Å²) in [6.07, 6.45) is 4.31. The second-order valence-electron chi connectivity index (χ2n) is 11.6. The topological polar surface area (TPSA) is 111 Å². The van der Waals surface area contributed by atoms with Gasteiger partial charge in [-0.3, -0.25) is 19.2 Å². The molecule has 10 heteroatoms. The van der Waals surface area contributed by atoms with E-state index in [0.29, 0.717) is 83.5 Å². The van der Waals surface area contributed by atoms with Crippen LogP contribution >= 0.6 is 21.6 Å². The Bertz CT molecular complexity index is 703. The zero-order valence-electron chi connectivity index (χ0n) is 27.9. The first-order valence-corrected chi connectivity index (χ1v) is 18.3. The quantitative estimate of drug-likeness (QED) is 0.0699. The van der Waals surface area contributed by atoms with Gasteiger partial charge in [-0.15, -0.1) is 0 Å². The summed E-state index contributed by atoms with van der Waals surface area (Å²) in [7, 11) is 3.69. The third kappa shape index (κ3) is 37.3. The zero-order valence-corrected chi connectivity index (χ0v) is 29.5. The van der Waals surface area contributed by atoms with Crippen LogP contribution < -0.4 is 10.6 Å². The SMILES string of the molecule is C.CC(C)NCCOCCOCCCC(=O)CCC(=O)C(C)C.CC(C)NCCSSCCCC(=O)CCC(=O)C(C)C. The Kier molecular flexibility index (Phi) is 35.4. The summed E-state index contributed by atoms with van der Waals surface area (Å²) in [5.74, 6) is 2.91. The van der Waals surface area contributed by atoms with E-state index < -0.39 is 0 Å². The average Bonchev–Trinajstić information content (AvgIpc) is 2.92. The minimum Gasteiger partial charge on any atom is -0.379 e. The van der Waals surface area contributed by atoms with Crippen molar-refractivity contribution in [1.29, 1.82) is 0 Å². The molecule has 0 fully saturated rings. The molecule has 0 unspecified atom stereocenters. The second-order valence-corrected chi connectivity index (χ2v) is 14.3. The first kappa shape index (κ1) is 46.6. The molecule has 0 bridgehead atoms. The van der Waals surface area contributed by atoms with E-state index in [9.17, 15) is 19.2 Å². The molecule has 2 N–H and O–H groups in total. The molecule has 0 aromatic carbocycles. The lowest BCUT2D eigenvalue weighted by Crippen LogP contribution is -2.27. The standard InChI is InChI=1S/C17H33NO4.C15H29NO2S2.CH4/c1-14(2)17(20)8-7-16(19)6-5-10-21-12-13-22-11-9-18-15(3)4;1-12(2)15(18)8-7-14(17)6-5-10-19-20-11-9-16-13(3)4;/h14-15,18H,5-13H2,1-4H3;12-13,16H,5-11H2,1-4H3;1H4. The van der Waals surface area contributed by atoms with Gasteiger partial charge in [0, 0.05) is 93.6 Å². The number of ether oxygens (including phenoxy) is 2. The molecule has 0 radical (unpaired) electrons. The summed E-state index contributed by atoms with van der Waals surface area (Å²) in [6, 6.07) is 1.03. The fraction of sp³-hybridized carbons (Fsp3) is 0.879. The Morgan fingerprint density at radius 3 is 1.47 bits per heavy atom. The third-order valence-corrected chi connectivity index (χ3v) is 8.50. The maximum atomic E-state index is 11.6. The highest BCUT2D eigenvalue weighted by Gasteiger charge is 2.11. The van der Waals surface area contributed by atoms with Gasteiger partial charge in [-0.2, -0.15) is 0 Å². The highest BCUT2D eigenvalue weighted by Crippen LogP contribution is 2.22. The zero-order chi connectivity index (χ0) is 32.2. The molecule has 0 rings (SSSR count). The molecule has 0 saturated heterocycles. The van der Waals surface area contributed by atoms with Crippen molar-refractivity contribution in [3.05, 3.63) is 0 Å². The summed E-state index contributed by atoms with van der Waals surface area (Å²) >= 11 is 0. The lowest BCUT2D eigenvalue weighted by molar-refractivity contribution is -0.126. The van der Waals surface area contributed by atoms with Gasteiger partial charge in [0.1, 0.15) is 23.1 Å². The third-order valence-electron chi connectivity index (χ3n) is 6.01. The molecule has 0 aromatic rings. The van der Waals surface area contributed by atoms with Crippen LogP contribution in [0.4, 0.5) is 0 Å². The van der Waals surface area contributed by atoms with Gasteiger partial charge < -0.3 is 20.1 Å². The summed E-state index contributed by atoms with van der Waals surface area (Å²) in [5.41, 5.74) is 0. The smallest absolute Gasteiger partial charge is 0.135 e. The van der Waals surface area contributed by atoms with Crippen molar-refractivity contribution < 1.29 is 28.7 Å². The van der Waals surface area contributed by atoms with Crippen molar-refractivity contribution in [2.75, 3.05) is 51.0 Å². The molecule has 0 saturated carbocycles. The first-order chi connectivity index (χ1) is 19.9. The van der Waals surface area contributed by atoms with Crippen molar-refractivity contribution in [3.8, 4) is 0 Å². The molecular weight excluding hydrogens is 585 g/mol. The van der Waals surface area contributed by atoms with Crippen LogP contribution in [-0.2, 0) is 28.7 Å². The molecule has 0 atom stereocenters. The van der Waals surface area contributed by atoms with Gasteiger partial charge in [-0.25, -0.2) is 0 Å². The fourth-order valence-corrected chi connectivity index (χ4v) is 5.31. The summed E-state index contributed by atoms with van der Waals surface area (Å²) in [6.45, 7) is 20.3. The van der Waals surface area contributed by atoms with Crippen molar-refractivity contribution in [2.45, 2.75) is 126 Å². The largest absolute Gasteiger partial charge is 0.379 e. The van der Waals surface area contributed by atoms with Crippen LogP contribution in [0.1, 0.15) is 114 Å². The number of rotatable bonds is 28. The number of Topliss-reactive ketones (excluding diaryl/α,β-unsaturated/α-hetero) is 4. The van der Waals surface area contributed by atoms with Crippen LogP contribution in [0.5, 0.6) is 0 Å². The van der Waals surface area contributed by atoms with Crippen LogP contribution in [0, 0.1) is 11.8 Å². The number of ketones is 4. The van der Waals surface area contributed by atoms with E-state index in [0.717, 1.165) is 31.0 Å². The predicted octanol–water partition coefficient (Wildman–Crippen LogP) is 6.73. The van der Waals surface area contributed by atoms with E-state index in [1.54, 1.807) is 0 Å². The second kappa shape index (κ2) is 32.6. The molecule has 0 amide bonds. The van der Waals surface area contributed by atoms with Gasteiger partial charge >= 0.3 is 0 Å². The minimum absolute atomic E-state index is 0. The van der Waals surface area contributed by atoms with Gasteiger partial charge in [0.2, 0.25) is 0 Å². The number of hydrogen-bond acceptors (Lipinski definition) is 10. The van der Waals surface area contributed by atoms with E-state index in [1.807, 2.05) is 49.3 Å². The Morgan fingerprint density at radius 2 is 0.977 bits per heavy atom. The first-order valence-electron chi connectivity index (χ1n) is 15.8. The number of carbonyl (C=O) groups is 4. The summed E-state index contributed by atoms with van der Waals surface area (Å²) in [5, 5.41) is 6.64. The minimum atomic E-state index is 0. The number of hydrogen-bond donors (Lipinski definition) is 2. The molecule has 0 aliphatic heterocycles. The van der Waals surface area contributed by atoms with Crippen molar-refractivity contribution in [3.63, 3.8) is 0 Å². The van der Waals surface area contributed by atoms with Crippen LogP contribution in [-0.4, -0.2) is 86.2 Å². The maximum Gasteiger partial charge on any atom is 0.135 e. The van der Waals surface area contributed by atoms with Gasteiger partial charge in [0.25, 0.3) is 0 Å². The number of nitrogens with one attached hydrogen (secondary N) is 2. The van der Waals surface area contributed by atoms with Crippen LogP contribution in [0.2, 0.25) is 0 Å². The van der Waals surface area contributed by atoms with Crippen molar-refractivity contribution >= 4 is 44.7 Å². The Hall–Kier alpha value is -0.780. The van der Waals surface area contributed by atoms with E-state index >= 15 is 0 Å². The van der Waals surface area contributed by atoms with Crippen LogP contribution in [0.3, 0.4) is 0 Å². The van der Waals surface area contributed by atoms with Gasteiger partial charge in [-0.05, 0) is 12.8 Å². The molecule has 0 heterocycles. The molecule has 43 heavy (non-hydrogen) atoms. The number of carbonyl (C=O) groups excluding carboxylic acids is 4. The van der Waals surface area contributed by atoms with Gasteiger partial charge in [-0.1, -0.05) is 84.4 Å². The van der Waals surface area contributed by atoms with E-state index in [1.165, 1.54) is 0 Å². The van der Waals surface area contributed by atoms with Crippen molar-refractivity contribution in [1.82, 2.24) is 10.6 Å². The van der Waals surface area contributed by atoms with E-state index in [-0.39, 0.29) is 42.4 Å². The summed E-state index contributed by atoms with van der Waals surface area (Å²) < 4.78 is 10.8. The Morgan fingerprint density at radius 1 is 0.535 bits per heavy atom. The van der Waals surface area contributed by atoms with Crippen LogP contribution in [0.25, 0.3) is 0 Å². The van der Waals surface area contributed by atoms with Crippen LogP contribution in [0.15, 0.2) is 0 Å². The Balaban J connectivity index is -0.000000730. The van der Waals surface area contributed by atoms with Gasteiger partial charge in [0.15, 0.2) is 0 Å².